The number of carbonyl (C=O) groups is 1. The molecule has 1 aromatic rings. The van der Waals surface area contributed by atoms with Gasteiger partial charge in [-0.3, -0.25) is 0 Å². The van der Waals surface area contributed by atoms with Crippen LogP contribution >= 0.6 is 0 Å². The van der Waals surface area contributed by atoms with Crippen molar-refractivity contribution in [3.8, 4) is 5.75 Å². The van der Waals surface area contributed by atoms with Gasteiger partial charge in [-0.1, -0.05) is 13.0 Å². The number of hydrogen-bond donors (Lipinski definition) is 2. The summed E-state index contributed by atoms with van der Waals surface area (Å²) in [6, 6.07) is 7.61. The van der Waals surface area contributed by atoms with Crippen LogP contribution in [-0.4, -0.2) is 23.7 Å². The van der Waals surface area contributed by atoms with Gasteiger partial charge in [0, 0.05) is 17.8 Å². The molecule has 0 fully saturated rings. The van der Waals surface area contributed by atoms with E-state index in [-0.39, 0.29) is 6.10 Å². The lowest BCUT2D eigenvalue weighted by Crippen LogP contribution is -2.06. The first-order valence-electron chi connectivity index (χ1n) is 6.45. The average molecular weight is 263 g/mol. The normalized spacial score (nSPS) is 11.5. The molecule has 0 unspecified atom stereocenters. The monoisotopic (exact) mass is 263 g/mol. The Morgan fingerprint density at radius 1 is 1.37 bits per heavy atom. The molecule has 2 N–H and O–H groups in total. The zero-order valence-corrected chi connectivity index (χ0v) is 11.6. The molecular weight excluding hydrogens is 242 g/mol. The second-order valence-electron chi connectivity index (χ2n) is 4.46. The SMILES string of the molecule is CC/C(=C/CNc1ccc(OC(C)C)cc1)C(=O)O. The van der Waals surface area contributed by atoms with Gasteiger partial charge in [-0.25, -0.2) is 4.79 Å². The van der Waals surface area contributed by atoms with Gasteiger partial charge < -0.3 is 15.2 Å². The standard InChI is InChI=1S/C15H21NO3/c1-4-12(15(17)18)9-10-16-13-5-7-14(8-6-13)19-11(2)3/h5-9,11,16H,4,10H2,1-3H3,(H,17,18)/b12-9-. The maximum absolute atomic E-state index is 10.8. The summed E-state index contributed by atoms with van der Waals surface area (Å²) in [5.74, 6) is -0.0270. The number of nitrogens with one attached hydrogen (secondary N) is 1. The smallest absolute Gasteiger partial charge is 0.331 e. The zero-order chi connectivity index (χ0) is 14.3. The molecule has 1 aromatic carbocycles. The Morgan fingerprint density at radius 3 is 2.47 bits per heavy atom. The minimum Gasteiger partial charge on any atom is -0.491 e. The summed E-state index contributed by atoms with van der Waals surface area (Å²) in [5, 5.41) is 12.0. The summed E-state index contributed by atoms with van der Waals surface area (Å²) < 4.78 is 5.54. The number of hydrogen-bond acceptors (Lipinski definition) is 3. The van der Waals surface area contributed by atoms with Crippen molar-refractivity contribution in [3.63, 3.8) is 0 Å². The Morgan fingerprint density at radius 2 is 2.00 bits per heavy atom. The van der Waals surface area contributed by atoms with Crippen LogP contribution < -0.4 is 10.1 Å². The van der Waals surface area contributed by atoms with Crippen molar-refractivity contribution in [2.75, 3.05) is 11.9 Å². The highest BCUT2D eigenvalue weighted by molar-refractivity contribution is 5.86. The Kier molecular flexibility index (Phi) is 5.93. The van der Waals surface area contributed by atoms with Crippen molar-refractivity contribution in [1.29, 1.82) is 0 Å². The molecule has 0 heterocycles. The molecule has 0 radical (unpaired) electrons. The van der Waals surface area contributed by atoms with Gasteiger partial charge in [0.25, 0.3) is 0 Å². The molecule has 0 aliphatic heterocycles. The van der Waals surface area contributed by atoms with Crippen LogP contribution in [-0.2, 0) is 4.79 Å². The van der Waals surface area contributed by atoms with Crippen molar-refractivity contribution in [2.24, 2.45) is 0 Å². The molecule has 4 heteroatoms. The molecule has 0 saturated carbocycles. The number of carboxylic acids is 1. The molecule has 0 bridgehead atoms. The summed E-state index contributed by atoms with van der Waals surface area (Å²) in [6.07, 6.45) is 2.38. The van der Waals surface area contributed by atoms with E-state index in [1.54, 1.807) is 6.08 Å². The third kappa shape index (κ3) is 5.46. The van der Waals surface area contributed by atoms with E-state index in [9.17, 15) is 4.79 Å². The topological polar surface area (TPSA) is 58.6 Å². The van der Waals surface area contributed by atoms with Crippen LogP contribution in [0.5, 0.6) is 5.75 Å². The highest BCUT2D eigenvalue weighted by Gasteiger charge is 2.02. The van der Waals surface area contributed by atoms with Gasteiger partial charge >= 0.3 is 5.97 Å². The largest absolute Gasteiger partial charge is 0.491 e. The molecular formula is C15H21NO3. The molecule has 0 aliphatic carbocycles. The lowest BCUT2D eigenvalue weighted by Gasteiger charge is -2.10. The van der Waals surface area contributed by atoms with Gasteiger partial charge in [0.05, 0.1) is 6.10 Å². The fourth-order valence-corrected chi connectivity index (χ4v) is 1.60. The molecule has 4 nitrogen and oxygen atoms in total. The highest BCUT2D eigenvalue weighted by atomic mass is 16.5. The minimum atomic E-state index is -0.856. The maximum atomic E-state index is 10.8. The predicted molar refractivity (Wildman–Crippen MR) is 76.7 cm³/mol. The third-order valence-corrected chi connectivity index (χ3v) is 2.54. The molecule has 0 aromatic heterocycles. The Balaban J connectivity index is 2.52. The fraction of sp³-hybridized carbons (Fsp3) is 0.400. The minimum absolute atomic E-state index is 0.157. The number of rotatable bonds is 7. The van der Waals surface area contributed by atoms with E-state index in [0.717, 1.165) is 11.4 Å². The molecule has 0 spiro atoms. The Labute approximate surface area is 114 Å². The van der Waals surface area contributed by atoms with Gasteiger partial charge in [-0.15, -0.1) is 0 Å². The first-order valence-corrected chi connectivity index (χ1v) is 6.45. The lowest BCUT2D eigenvalue weighted by atomic mass is 10.2. The van der Waals surface area contributed by atoms with Crippen LogP contribution in [0.4, 0.5) is 5.69 Å². The van der Waals surface area contributed by atoms with Crippen molar-refractivity contribution in [1.82, 2.24) is 0 Å². The summed E-state index contributed by atoms with van der Waals surface area (Å²) >= 11 is 0. The molecule has 104 valence electrons. The second kappa shape index (κ2) is 7.46. The van der Waals surface area contributed by atoms with Gasteiger partial charge in [0.1, 0.15) is 5.75 Å². The van der Waals surface area contributed by atoms with E-state index < -0.39 is 5.97 Å². The van der Waals surface area contributed by atoms with Crippen molar-refractivity contribution < 1.29 is 14.6 Å². The van der Waals surface area contributed by atoms with Gasteiger partial charge in [-0.05, 0) is 44.5 Å². The molecule has 0 saturated heterocycles. The lowest BCUT2D eigenvalue weighted by molar-refractivity contribution is -0.132. The van der Waals surface area contributed by atoms with Crippen molar-refractivity contribution in [2.45, 2.75) is 33.3 Å². The summed E-state index contributed by atoms with van der Waals surface area (Å²) in [7, 11) is 0. The summed E-state index contributed by atoms with van der Waals surface area (Å²) in [5.41, 5.74) is 1.36. The number of aliphatic carboxylic acids is 1. The maximum Gasteiger partial charge on any atom is 0.331 e. The first kappa shape index (κ1) is 15.1. The molecule has 1 rings (SSSR count). The van der Waals surface area contributed by atoms with E-state index in [4.69, 9.17) is 9.84 Å². The van der Waals surface area contributed by atoms with E-state index in [0.29, 0.717) is 18.5 Å². The first-order chi connectivity index (χ1) is 9.02. The number of carboxylic acid groups (broad SMARTS) is 1. The summed E-state index contributed by atoms with van der Waals surface area (Å²) in [6.45, 7) is 6.29. The third-order valence-electron chi connectivity index (χ3n) is 2.54. The highest BCUT2D eigenvalue weighted by Crippen LogP contribution is 2.16. The Bertz CT molecular complexity index is 435. The summed E-state index contributed by atoms with van der Waals surface area (Å²) in [4.78, 5) is 10.8. The van der Waals surface area contributed by atoms with E-state index in [1.165, 1.54) is 0 Å². The molecule has 0 atom stereocenters. The molecule has 0 aliphatic rings. The van der Waals surface area contributed by atoms with E-state index >= 15 is 0 Å². The van der Waals surface area contributed by atoms with Crippen LogP contribution in [0.2, 0.25) is 0 Å². The molecule has 0 amide bonds. The second-order valence-corrected chi connectivity index (χ2v) is 4.46. The van der Waals surface area contributed by atoms with Gasteiger partial charge in [0.2, 0.25) is 0 Å². The average Bonchev–Trinajstić information content (AvgIpc) is 2.35. The van der Waals surface area contributed by atoms with Gasteiger partial charge in [-0.2, -0.15) is 0 Å². The van der Waals surface area contributed by atoms with E-state index in [2.05, 4.69) is 5.32 Å². The number of anilines is 1. The van der Waals surface area contributed by atoms with Crippen LogP contribution in [0.1, 0.15) is 27.2 Å². The van der Waals surface area contributed by atoms with Crippen molar-refractivity contribution in [3.05, 3.63) is 35.9 Å². The van der Waals surface area contributed by atoms with Crippen LogP contribution in [0.3, 0.4) is 0 Å². The fourth-order valence-electron chi connectivity index (χ4n) is 1.60. The number of ether oxygens (including phenoxy) is 1. The predicted octanol–water partition coefficient (Wildman–Crippen LogP) is 3.31. The van der Waals surface area contributed by atoms with E-state index in [1.807, 2.05) is 45.0 Å². The van der Waals surface area contributed by atoms with Crippen LogP contribution in [0, 0.1) is 0 Å². The quantitative estimate of drug-likeness (QED) is 0.741. The van der Waals surface area contributed by atoms with Gasteiger partial charge in [0.15, 0.2) is 0 Å². The van der Waals surface area contributed by atoms with Crippen LogP contribution in [0.25, 0.3) is 0 Å². The number of benzene rings is 1. The van der Waals surface area contributed by atoms with Crippen LogP contribution in [0.15, 0.2) is 35.9 Å². The Hall–Kier alpha value is -1.97. The van der Waals surface area contributed by atoms with Crippen molar-refractivity contribution >= 4 is 11.7 Å². The molecule has 19 heavy (non-hydrogen) atoms. The zero-order valence-electron chi connectivity index (χ0n) is 11.6.